The zero-order chi connectivity index (χ0) is 8.27. The summed E-state index contributed by atoms with van der Waals surface area (Å²) in [6.07, 6.45) is 3.46. The second-order valence-electron chi connectivity index (χ2n) is 2.97. The fourth-order valence-corrected chi connectivity index (χ4v) is 10.7. The average Bonchev–Trinajstić information content (AvgIpc) is 2.04. The summed E-state index contributed by atoms with van der Waals surface area (Å²) in [4.78, 5) is 10.9. The van der Waals surface area contributed by atoms with E-state index in [2.05, 4.69) is 0 Å². The van der Waals surface area contributed by atoms with E-state index in [9.17, 15) is 4.79 Å². The van der Waals surface area contributed by atoms with Gasteiger partial charge in [-0.2, -0.15) is 0 Å². The summed E-state index contributed by atoms with van der Waals surface area (Å²) in [5.41, 5.74) is 0. The summed E-state index contributed by atoms with van der Waals surface area (Å²) in [7, 11) is 1.69. The Morgan fingerprint density at radius 3 is 2.82 bits per heavy atom. The van der Waals surface area contributed by atoms with Crippen molar-refractivity contribution in [1.82, 2.24) is 0 Å². The molecule has 4 heteroatoms. The van der Waals surface area contributed by atoms with Gasteiger partial charge in [0.1, 0.15) is 0 Å². The van der Waals surface area contributed by atoms with Crippen LogP contribution in [0.25, 0.3) is 0 Å². The van der Waals surface area contributed by atoms with E-state index in [1.165, 1.54) is 12.8 Å². The Morgan fingerprint density at radius 1 is 1.64 bits per heavy atom. The fraction of sp³-hybridized carbons (Fsp3) is 0.857. The van der Waals surface area contributed by atoms with Crippen molar-refractivity contribution in [3.63, 3.8) is 0 Å². The molecule has 0 aromatic carbocycles. The van der Waals surface area contributed by atoms with Crippen LogP contribution in [-0.2, 0) is 4.74 Å². The van der Waals surface area contributed by atoms with E-state index in [0.29, 0.717) is 0 Å². The van der Waals surface area contributed by atoms with Crippen LogP contribution >= 0.6 is 11.6 Å². The van der Waals surface area contributed by atoms with Crippen molar-refractivity contribution in [2.24, 2.45) is 0 Å². The Bertz CT molecular complexity index is 151. The number of hydrogen-bond donors (Lipinski definition) is 0. The normalized spacial score (nSPS) is 25.3. The Hall–Kier alpha value is 0.790. The minimum absolute atomic E-state index is 0.0293. The Morgan fingerprint density at radius 2 is 2.36 bits per heavy atom. The van der Waals surface area contributed by atoms with E-state index in [-0.39, 0.29) is 6.86 Å². The van der Waals surface area contributed by atoms with Gasteiger partial charge in [0.05, 0.1) is 0 Å². The maximum atomic E-state index is 10.9. The van der Waals surface area contributed by atoms with Gasteiger partial charge in [0.2, 0.25) is 0 Å². The van der Waals surface area contributed by atoms with Crippen LogP contribution in [0, 0.1) is 0 Å². The second-order valence-corrected chi connectivity index (χ2v) is 13.1. The van der Waals surface area contributed by atoms with Gasteiger partial charge in [0.25, 0.3) is 0 Å². The molecule has 0 aromatic heterocycles. The first kappa shape index (κ1) is 9.87. The van der Waals surface area contributed by atoms with Crippen LogP contribution in [0.5, 0.6) is 0 Å². The molecule has 0 N–H and O–H groups in total. The van der Waals surface area contributed by atoms with Crippen molar-refractivity contribution >= 4 is 36.0 Å². The van der Waals surface area contributed by atoms with Gasteiger partial charge in [-0.25, -0.2) is 0 Å². The number of methoxy groups -OCH3 is 1. The maximum absolute atomic E-state index is 10.9. The zero-order valence-corrected chi connectivity index (χ0v) is 10.7. The Labute approximate surface area is 79.8 Å². The van der Waals surface area contributed by atoms with Crippen molar-refractivity contribution in [2.45, 2.75) is 27.3 Å². The first-order valence-electron chi connectivity index (χ1n) is 3.98. The third-order valence-electron chi connectivity index (χ3n) is 2.30. The van der Waals surface area contributed by atoms with Crippen molar-refractivity contribution in [3.05, 3.63) is 0 Å². The van der Waals surface area contributed by atoms with Crippen molar-refractivity contribution in [2.75, 3.05) is 7.11 Å². The molecule has 0 spiro atoms. The molecule has 1 rings (SSSR count). The van der Waals surface area contributed by atoms with Gasteiger partial charge >= 0.3 is 80.0 Å². The van der Waals surface area contributed by atoms with Crippen LogP contribution in [0.2, 0.25) is 4.18 Å². The standard InChI is InChI=1S/C6H12O.CClO.In/c1-3-4-5-6-7-2;2-1-3;/h6H,1,3-5H2,2H3;;. The van der Waals surface area contributed by atoms with Gasteiger partial charge in [0.15, 0.2) is 0 Å². The van der Waals surface area contributed by atoms with Crippen LogP contribution in [0.4, 0.5) is 4.79 Å². The molecule has 0 radical (unpaired) electrons. The number of ether oxygens (including phenoxy) is 1. The van der Waals surface area contributed by atoms with Crippen LogP contribution in [-0.4, -0.2) is 35.4 Å². The molecule has 1 saturated heterocycles. The first-order valence-corrected chi connectivity index (χ1v) is 10.2. The molecule has 0 saturated carbocycles. The number of rotatable bonds is 2. The van der Waals surface area contributed by atoms with Gasteiger partial charge in [-0.15, -0.1) is 0 Å². The molecule has 11 heavy (non-hydrogen) atoms. The summed E-state index contributed by atoms with van der Waals surface area (Å²) < 4.78 is 6.60. The molecule has 1 atom stereocenters. The molecular formula is C7H12ClInO2. The molecule has 1 fully saturated rings. The van der Waals surface area contributed by atoms with Crippen LogP contribution in [0.15, 0.2) is 0 Å². The molecule has 1 aliphatic rings. The van der Waals surface area contributed by atoms with E-state index in [1.807, 2.05) is 0 Å². The van der Waals surface area contributed by atoms with E-state index in [4.69, 9.17) is 16.3 Å². The number of carbonyl (C=O) groups is 1. The van der Waals surface area contributed by atoms with E-state index in [1.54, 1.807) is 7.11 Å². The topological polar surface area (TPSA) is 26.3 Å². The summed E-state index contributed by atoms with van der Waals surface area (Å²) in [5.74, 6) is 0. The van der Waals surface area contributed by atoms with Crippen LogP contribution in [0.1, 0.15) is 19.3 Å². The quantitative estimate of drug-likeness (QED) is 0.724. The van der Waals surface area contributed by atoms with Gasteiger partial charge in [0, 0.05) is 0 Å². The third kappa shape index (κ3) is 2.63. The van der Waals surface area contributed by atoms with Crippen molar-refractivity contribution in [3.8, 4) is 0 Å². The van der Waals surface area contributed by atoms with E-state index in [0.717, 1.165) is 10.6 Å². The van der Waals surface area contributed by atoms with Gasteiger partial charge < -0.3 is 0 Å². The molecular weight excluding hydrogens is 266 g/mol. The van der Waals surface area contributed by atoms with Crippen molar-refractivity contribution in [1.29, 1.82) is 0 Å². The van der Waals surface area contributed by atoms with Crippen LogP contribution in [0.3, 0.4) is 0 Å². The van der Waals surface area contributed by atoms with Gasteiger partial charge in [-0.3, -0.25) is 0 Å². The average molecular weight is 278 g/mol. The molecule has 1 aliphatic heterocycles. The second kappa shape index (κ2) is 4.73. The molecule has 2 nitrogen and oxygen atoms in total. The molecule has 1 heterocycles. The number of carbonyl (C=O) groups excluding carboxylic acids is 1. The molecule has 62 valence electrons. The molecule has 0 aromatic rings. The summed E-state index contributed by atoms with van der Waals surface area (Å²) >= 11 is 3.40. The Kier molecular flexibility index (Phi) is 4.24. The van der Waals surface area contributed by atoms with Crippen molar-refractivity contribution < 1.29 is 9.53 Å². The van der Waals surface area contributed by atoms with Crippen LogP contribution < -0.4 is 0 Å². The third-order valence-corrected chi connectivity index (χ3v) is 13.1. The summed E-state index contributed by atoms with van der Waals surface area (Å²) in [6.45, 7) is 0. The van der Waals surface area contributed by atoms with Gasteiger partial charge in [-0.1, -0.05) is 0 Å². The SMILES string of the molecule is CO[CH]1CCC[CH2][In]1[C](=O)Cl. The molecule has 1 unspecified atom stereocenters. The summed E-state index contributed by atoms with van der Waals surface area (Å²) in [5, 5.41) is 0. The minimum atomic E-state index is -2.10. The number of hydrogen-bond acceptors (Lipinski definition) is 2. The monoisotopic (exact) mass is 278 g/mol. The zero-order valence-electron chi connectivity index (χ0n) is 6.68. The predicted octanol–water partition coefficient (Wildman–Crippen LogP) is 2.16. The molecule has 0 aliphatic carbocycles. The van der Waals surface area contributed by atoms with E-state index >= 15 is 0 Å². The number of halogens is 1. The predicted molar refractivity (Wildman–Crippen MR) is 46.5 cm³/mol. The fourth-order valence-electron chi connectivity index (χ4n) is 1.64. The molecule has 0 amide bonds. The first-order chi connectivity index (χ1) is 5.25. The van der Waals surface area contributed by atoms with Gasteiger partial charge in [-0.05, 0) is 0 Å². The molecule has 0 bridgehead atoms. The summed E-state index contributed by atoms with van der Waals surface area (Å²) in [6, 6.07) is 0. The van der Waals surface area contributed by atoms with E-state index < -0.39 is 21.4 Å². The Balaban J connectivity index is 2.51.